The maximum Gasteiger partial charge on any atom is 0.501 e. The first-order valence-corrected chi connectivity index (χ1v) is 6.98. The Morgan fingerprint density at radius 3 is 2.09 bits per heavy atom. The van der Waals surface area contributed by atoms with Crippen LogP contribution in [0.5, 0.6) is 0 Å². The summed E-state index contributed by atoms with van der Waals surface area (Å²) < 4.78 is 99.3. The third-order valence-corrected chi connectivity index (χ3v) is 4.30. The average molecular weight is 344 g/mol. The Labute approximate surface area is 119 Å². The number of halogens is 6. The highest BCUT2D eigenvalue weighted by Gasteiger charge is 2.48. The summed E-state index contributed by atoms with van der Waals surface area (Å²) in [6.07, 6.45) is -4.26. The van der Waals surface area contributed by atoms with Crippen molar-refractivity contribution in [1.82, 2.24) is 9.97 Å². The van der Waals surface area contributed by atoms with E-state index in [-0.39, 0.29) is 11.8 Å². The fourth-order valence-corrected chi connectivity index (χ4v) is 2.58. The monoisotopic (exact) mass is 344 g/mol. The van der Waals surface area contributed by atoms with Crippen LogP contribution in [0.25, 0.3) is 10.9 Å². The van der Waals surface area contributed by atoms with Crippen molar-refractivity contribution in [3.8, 4) is 0 Å². The molecule has 0 aliphatic heterocycles. The van der Waals surface area contributed by atoms with Crippen LogP contribution in [0.3, 0.4) is 0 Å². The first-order valence-electron chi connectivity index (χ1n) is 5.49. The van der Waals surface area contributed by atoms with Crippen LogP contribution in [-0.2, 0) is 16.0 Å². The number of rotatable bonds is 1. The summed E-state index contributed by atoms with van der Waals surface area (Å²) in [7, 11) is -5.92. The number of sulfone groups is 1. The van der Waals surface area contributed by atoms with E-state index >= 15 is 0 Å². The lowest BCUT2D eigenvalue weighted by molar-refractivity contribution is -0.136. The summed E-state index contributed by atoms with van der Waals surface area (Å²) >= 11 is 0. The van der Waals surface area contributed by atoms with Gasteiger partial charge in [-0.2, -0.15) is 26.3 Å². The third-order valence-electron chi connectivity index (χ3n) is 2.83. The van der Waals surface area contributed by atoms with E-state index < -0.39 is 42.9 Å². The lowest BCUT2D eigenvalue weighted by Gasteiger charge is -2.14. The van der Waals surface area contributed by atoms with E-state index in [2.05, 4.69) is 9.97 Å². The molecular formula is C11H6F6N2O2S. The van der Waals surface area contributed by atoms with E-state index in [1.165, 1.54) is 6.92 Å². The number of aromatic nitrogens is 2. The number of nitrogens with zero attached hydrogens (tertiary/aromatic N) is 2. The zero-order valence-corrected chi connectivity index (χ0v) is 11.4. The van der Waals surface area contributed by atoms with Crippen molar-refractivity contribution in [2.24, 2.45) is 0 Å². The number of aryl methyl sites for hydroxylation is 1. The number of hydrogen-bond acceptors (Lipinski definition) is 4. The lowest BCUT2D eigenvalue weighted by Crippen LogP contribution is -2.24. The van der Waals surface area contributed by atoms with Gasteiger partial charge in [0.25, 0.3) is 9.84 Å². The summed E-state index contributed by atoms with van der Waals surface area (Å²) in [5.41, 5.74) is -8.03. The molecule has 0 spiro atoms. The summed E-state index contributed by atoms with van der Waals surface area (Å²) in [6.45, 7) is 1.23. The Morgan fingerprint density at radius 2 is 1.59 bits per heavy atom. The van der Waals surface area contributed by atoms with Crippen LogP contribution in [0.1, 0.15) is 11.3 Å². The Bertz CT molecular complexity index is 842. The van der Waals surface area contributed by atoms with Crippen LogP contribution in [0.2, 0.25) is 0 Å². The molecule has 1 aromatic heterocycles. The zero-order chi connectivity index (χ0) is 16.9. The van der Waals surface area contributed by atoms with Crippen molar-refractivity contribution in [3.63, 3.8) is 0 Å². The van der Waals surface area contributed by atoms with Crippen molar-refractivity contribution < 1.29 is 34.8 Å². The normalized spacial score (nSPS) is 13.6. The first-order chi connectivity index (χ1) is 9.85. The number of benzene rings is 1. The SMILES string of the molecule is Cc1ncnc2c(C(F)(F)F)cc(S(=O)(=O)C(F)(F)F)cc12. The fourth-order valence-electron chi connectivity index (χ4n) is 1.77. The van der Waals surface area contributed by atoms with Gasteiger partial charge in [0.15, 0.2) is 0 Å². The standard InChI is InChI=1S/C11H6F6N2O2S/c1-5-7-2-6(22(20,21)11(15,16)17)3-8(10(12,13)14)9(7)19-4-18-5/h2-4H,1H3. The van der Waals surface area contributed by atoms with Crippen LogP contribution in [0.15, 0.2) is 23.4 Å². The Morgan fingerprint density at radius 1 is 1.00 bits per heavy atom. The van der Waals surface area contributed by atoms with Gasteiger partial charge in [-0.05, 0) is 19.1 Å². The van der Waals surface area contributed by atoms with Crippen molar-refractivity contribution in [3.05, 3.63) is 29.7 Å². The zero-order valence-electron chi connectivity index (χ0n) is 10.6. The average Bonchev–Trinajstić information content (AvgIpc) is 2.35. The number of alkyl halides is 6. The molecule has 120 valence electrons. The minimum absolute atomic E-state index is 0.0718. The second-order valence-electron chi connectivity index (χ2n) is 4.27. The van der Waals surface area contributed by atoms with Gasteiger partial charge in [-0.1, -0.05) is 0 Å². The molecule has 0 N–H and O–H groups in total. The molecular weight excluding hydrogens is 338 g/mol. The molecule has 0 saturated carbocycles. The molecule has 0 bridgehead atoms. The Kier molecular flexibility index (Phi) is 3.59. The van der Waals surface area contributed by atoms with Gasteiger partial charge in [-0.15, -0.1) is 0 Å². The second kappa shape index (κ2) is 4.80. The maximum absolute atomic E-state index is 13.0. The van der Waals surface area contributed by atoms with Crippen LogP contribution in [-0.4, -0.2) is 23.9 Å². The first kappa shape index (κ1) is 16.5. The summed E-state index contributed by atoms with van der Waals surface area (Å²) in [5.74, 6) is 0. The topological polar surface area (TPSA) is 59.9 Å². The predicted octanol–water partition coefficient (Wildman–Crippen LogP) is 3.25. The minimum atomic E-state index is -5.92. The predicted molar refractivity (Wildman–Crippen MR) is 62.5 cm³/mol. The van der Waals surface area contributed by atoms with Crippen molar-refractivity contribution >= 4 is 20.7 Å². The molecule has 11 heteroatoms. The van der Waals surface area contributed by atoms with E-state index in [0.29, 0.717) is 6.07 Å². The molecule has 0 radical (unpaired) electrons. The maximum atomic E-state index is 13.0. The summed E-state index contributed by atoms with van der Waals surface area (Å²) in [6, 6.07) is 0.417. The summed E-state index contributed by atoms with van der Waals surface area (Å²) in [5, 5.41) is -0.417. The largest absolute Gasteiger partial charge is 0.501 e. The smallest absolute Gasteiger partial charge is 0.241 e. The van der Waals surface area contributed by atoms with E-state index in [1.807, 2.05) is 0 Å². The van der Waals surface area contributed by atoms with Crippen molar-refractivity contribution in [1.29, 1.82) is 0 Å². The molecule has 22 heavy (non-hydrogen) atoms. The van der Waals surface area contributed by atoms with Gasteiger partial charge in [-0.3, -0.25) is 0 Å². The molecule has 0 saturated heterocycles. The molecule has 4 nitrogen and oxygen atoms in total. The molecule has 0 fully saturated rings. The molecule has 1 heterocycles. The Balaban J connectivity index is 2.94. The van der Waals surface area contributed by atoms with E-state index in [1.54, 1.807) is 0 Å². The second-order valence-corrected chi connectivity index (χ2v) is 6.21. The van der Waals surface area contributed by atoms with Crippen LogP contribution in [0.4, 0.5) is 26.3 Å². The Hall–Kier alpha value is -1.91. The molecule has 2 aromatic rings. The van der Waals surface area contributed by atoms with Gasteiger partial charge in [0.1, 0.15) is 6.33 Å². The molecule has 0 unspecified atom stereocenters. The van der Waals surface area contributed by atoms with Crippen molar-refractivity contribution in [2.45, 2.75) is 23.5 Å². The van der Waals surface area contributed by atoms with Gasteiger partial charge < -0.3 is 0 Å². The lowest BCUT2D eigenvalue weighted by atomic mass is 10.1. The highest BCUT2D eigenvalue weighted by Crippen LogP contribution is 2.39. The highest BCUT2D eigenvalue weighted by molar-refractivity contribution is 7.92. The number of hydrogen-bond donors (Lipinski definition) is 0. The molecule has 0 amide bonds. The van der Waals surface area contributed by atoms with Crippen LogP contribution < -0.4 is 0 Å². The fraction of sp³-hybridized carbons (Fsp3) is 0.273. The van der Waals surface area contributed by atoms with E-state index in [4.69, 9.17) is 0 Å². The van der Waals surface area contributed by atoms with Gasteiger partial charge in [0.2, 0.25) is 0 Å². The highest BCUT2D eigenvalue weighted by atomic mass is 32.2. The van der Waals surface area contributed by atoms with Crippen LogP contribution in [0, 0.1) is 6.92 Å². The number of fused-ring (bicyclic) bond motifs is 1. The van der Waals surface area contributed by atoms with Gasteiger partial charge in [0, 0.05) is 11.1 Å². The molecule has 0 atom stereocenters. The van der Waals surface area contributed by atoms with Gasteiger partial charge in [0.05, 0.1) is 16.0 Å². The quantitative estimate of drug-likeness (QED) is 0.745. The van der Waals surface area contributed by atoms with Crippen LogP contribution >= 0.6 is 0 Å². The van der Waals surface area contributed by atoms with E-state index in [0.717, 1.165) is 6.33 Å². The van der Waals surface area contributed by atoms with Gasteiger partial charge in [-0.25, -0.2) is 18.4 Å². The molecule has 0 aliphatic rings. The third kappa shape index (κ3) is 2.60. The summed E-state index contributed by atoms with van der Waals surface area (Å²) in [4.78, 5) is 5.45. The van der Waals surface area contributed by atoms with Gasteiger partial charge >= 0.3 is 11.7 Å². The molecule has 2 rings (SSSR count). The molecule has 1 aromatic carbocycles. The van der Waals surface area contributed by atoms with E-state index in [9.17, 15) is 34.8 Å². The van der Waals surface area contributed by atoms with Crippen molar-refractivity contribution in [2.75, 3.05) is 0 Å². The minimum Gasteiger partial charge on any atom is -0.241 e. The molecule has 0 aliphatic carbocycles.